The number of rotatable bonds is 0. The zero-order valence-corrected chi connectivity index (χ0v) is 6.54. The predicted octanol–water partition coefficient (Wildman–Crippen LogP) is 1.75. The molecule has 0 aromatic heterocycles. The van der Waals surface area contributed by atoms with Crippen molar-refractivity contribution in [3.63, 3.8) is 0 Å². The van der Waals surface area contributed by atoms with Crippen molar-refractivity contribution in [1.82, 2.24) is 0 Å². The van der Waals surface area contributed by atoms with Crippen LogP contribution in [0.2, 0.25) is 0 Å². The van der Waals surface area contributed by atoms with Crippen LogP contribution in [-0.2, 0) is 6.42 Å². The van der Waals surface area contributed by atoms with Crippen molar-refractivity contribution in [3.05, 3.63) is 29.3 Å². The van der Waals surface area contributed by atoms with Crippen LogP contribution in [0.15, 0.2) is 18.2 Å². The van der Waals surface area contributed by atoms with Gasteiger partial charge in [0.25, 0.3) is 0 Å². The summed E-state index contributed by atoms with van der Waals surface area (Å²) in [6.07, 6.45) is 0.971. The Morgan fingerprint density at radius 3 is 3.00 bits per heavy atom. The molecule has 0 bridgehead atoms. The number of benzene rings is 1. The molecule has 2 heteroatoms. The maximum absolute atomic E-state index is 9.34. The lowest BCUT2D eigenvalue weighted by molar-refractivity contribution is 0.264. The smallest absolute Gasteiger partial charge is 0.0669 e. The highest BCUT2D eigenvalue weighted by Crippen LogP contribution is 2.28. The van der Waals surface area contributed by atoms with E-state index in [4.69, 9.17) is 0 Å². The zero-order valence-electron chi connectivity index (χ0n) is 6.54. The number of anilines is 1. The highest BCUT2D eigenvalue weighted by atomic mass is 16.5. The predicted molar refractivity (Wildman–Crippen MR) is 44.0 cm³/mol. The molecule has 0 saturated heterocycles. The second-order valence-electron chi connectivity index (χ2n) is 2.95. The first-order valence-electron chi connectivity index (χ1n) is 3.84. The molecule has 0 spiro atoms. The van der Waals surface area contributed by atoms with Crippen molar-refractivity contribution in [2.45, 2.75) is 13.3 Å². The molecule has 1 aromatic rings. The molecule has 0 atom stereocenters. The van der Waals surface area contributed by atoms with E-state index in [-0.39, 0.29) is 0 Å². The number of hydrogen-bond acceptors (Lipinski definition) is 2. The van der Waals surface area contributed by atoms with Crippen molar-refractivity contribution in [1.29, 1.82) is 0 Å². The van der Waals surface area contributed by atoms with Crippen LogP contribution in [0.5, 0.6) is 0 Å². The molecule has 0 unspecified atom stereocenters. The normalized spacial score (nSPS) is 15.3. The third-order valence-corrected chi connectivity index (χ3v) is 2.24. The van der Waals surface area contributed by atoms with Crippen molar-refractivity contribution in [2.75, 3.05) is 11.6 Å². The molecular weight excluding hydrogens is 138 g/mol. The lowest BCUT2D eigenvalue weighted by Gasteiger charge is -2.09. The Hall–Kier alpha value is -1.02. The molecule has 1 N–H and O–H groups in total. The van der Waals surface area contributed by atoms with E-state index in [1.165, 1.54) is 16.2 Å². The number of hydrogen-bond donors (Lipinski definition) is 1. The minimum Gasteiger partial charge on any atom is -0.288 e. The fourth-order valence-corrected chi connectivity index (χ4v) is 1.59. The average molecular weight is 149 g/mol. The molecule has 1 aromatic carbocycles. The Balaban J connectivity index is 2.57. The molecular formula is C9H11NO. The average Bonchev–Trinajstić information content (AvgIpc) is 2.35. The van der Waals surface area contributed by atoms with Crippen molar-refractivity contribution < 1.29 is 5.21 Å². The molecule has 0 radical (unpaired) electrons. The van der Waals surface area contributed by atoms with Gasteiger partial charge in [0.2, 0.25) is 0 Å². The summed E-state index contributed by atoms with van der Waals surface area (Å²) in [7, 11) is 0. The largest absolute Gasteiger partial charge is 0.288 e. The summed E-state index contributed by atoms with van der Waals surface area (Å²) < 4.78 is 0. The summed E-state index contributed by atoms with van der Waals surface area (Å²) in [5.74, 6) is 0. The molecule has 0 saturated carbocycles. The highest BCUT2D eigenvalue weighted by molar-refractivity contribution is 5.58. The van der Waals surface area contributed by atoms with E-state index in [9.17, 15) is 5.21 Å². The van der Waals surface area contributed by atoms with E-state index >= 15 is 0 Å². The Kier molecular flexibility index (Phi) is 1.36. The topological polar surface area (TPSA) is 23.5 Å². The van der Waals surface area contributed by atoms with Gasteiger partial charge < -0.3 is 0 Å². The van der Waals surface area contributed by atoms with Gasteiger partial charge in [0.05, 0.1) is 5.69 Å². The quantitative estimate of drug-likeness (QED) is 0.607. The third kappa shape index (κ3) is 0.906. The second-order valence-corrected chi connectivity index (χ2v) is 2.95. The fraction of sp³-hybridized carbons (Fsp3) is 0.333. The van der Waals surface area contributed by atoms with Gasteiger partial charge in [-0.1, -0.05) is 12.1 Å². The van der Waals surface area contributed by atoms with Gasteiger partial charge in [0.15, 0.2) is 0 Å². The van der Waals surface area contributed by atoms with E-state index in [1.807, 2.05) is 12.1 Å². The Labute approximate surface area is 66.0 Å². The van der Waals surface area contributed by atoms with E-state index in [2.05, 4.69) is 13.0 Å². The van der Waals surface area contributed by atoms with Crippen LogP contribution < -0.4 is 5.06 Å². The molecule has 0 fully saturated rings. The maximum atomic E-state index is 9.34. The lowest BCUT2D eigenvalue weighted by Crippen LogP contribution is -2.13. The van der Waals surface area contributed by atoms with Gasteiger partial charge in [-0.3, -0.25) is 10.3 Å². The fourth-order valence-electron chi connectivity index (χ4n) is 1.59. The van der Waals surface area contributed by atoms with Gasteiger partial charge >= 0.3 is 0 Å². The van der Waals surface area contributed by atoms with Gasteiger partial charge in [-0.2, -0.15) is 0 Å². The van der Waals surface area contributed by atoms with E-state index in [1.54, 1.807) is 0 Å². The molecule has 0 aliphatic carbocycles. The Morgan fingerprint density at radius 1 is 1.45 bits per heavy atom. The monoisotopic (exact) mass is 149 g/mol. The van der Waals surface area contributed by atoms with Gasteiger partial charge in [0.1, 0.15) is 0 Å². The van der Waals surface area contributed by atoms with Crippen LogP contribution in [0.3, 0.4) is 0 Å². The molecule has 58 valence electrons. The van der Waals surface area contributed by atoms with Gasteiger partial charge in [-0.15, -0.1) is 0 Å². The second kappa shape index (κ2) is 2.24. The Bertz CT molecular complexity index is 283. The summed E-state index contributed by atoms with van der Waals surface area (Å²) in [4.78, 5) is 0. The van der Waals surface area contributed by atoms with Gasteiger partial charge in [-0.05, 0) is 30.5 Å². The van der Waals surface area contributed by atoms with Crippen molar-refractivity contribution in [3.8, 4) is 0 Å². The lowest BCUT2D eigenvalue weighted by atomic mass is 10.1. The minimum absolute atomic E-state index is 0.736. The van der Waals surface area contributed by atoms with Gasteiger partial charge in [0, 0.05) is 6.54 Å². The van der Waals surface area contributed by atoms with Crippen LogP contribution in [0, 0.1) is 6.92 Å². The van der Waals surface area contributed by atoms with Crippen LogP contribution in [0.4, 0.5) is 5.69 Å². The zero-order chi connectivity index (χ0) is 7.84. The number of fused-ring (bicyclic) bond motifs is 1. The molecule has 0 amide bonds. The third-order valence-electron chi connectivity index (χ3n) is 2.24. The summed E-state index contributed by atoms with van der Waals surface area (Å²) in [6.45, 7) is 2.82. The highest BCUT2D eigenvalue weighted by Gasteiger charge is 2.17. The molecule has 11 heavy (non-hydrogen) atoms. The maximum Gasteiger partial charge on any atom is 0.0669 e. The minimum atomic E-state index is 0.736. The number of hydroxylamine groups is 1. The van der Waals surface area contributed by atoms with E-state index < -0.39 is 0 Å². The SMILES string of the molecule is Cc1cccc2c1CCN2O. The van der Waals surface area contributed by atoms with Crippen LogP contribution in [0.1, 0.15) is 11.1 Å². The van der Waals surface area contributed by atoms with E-state index in [0.717, 1.165) is 18.7 Å². The first kappa shape index (κ1) is 6.68. The standard InChI is InChI=1S/C9H11NO/c1-7-3-2-4-9-8(7)5-6-10(9)11/h2-4,11H,5-6H2,1H3. The number of nitrogens with zero attached hydrogens (tertiary/aromatic N) is 1. The number of aryl methyl sites for hydroxylation is 1. The molecule has 1 heterocycles. The van der Waals surface area contributed by atoms with Crippen LogP contribution >= 0.6 is 0 Å². The Morgan fingerprint density at radius 2 is 2.27 bits per heavy atom. The van der Waals surface area contributed by atoms with Crippen LogP contribution in [0.25, 0.3) is 0 Å². The summed E-state index contributed by atoms with van der Waals surface area (Å²) in [6, 6.07) is 6.01. The summed E-state index contributed by atoms with van der Waals surface area (Å²) in [5.41, 5.74) is 3.54. The molecule has 1 aliphatic rings. The summed E-state index contributed by atoms with van der Waals surface area (Å²) >= 11 is 0. The van der Waals surface area contributed by atoms with Crippen molar-refractivity contribution >= 4 is 5.69 Å². The van der Waals surface area contributed by atoms with Crippen LogP contribution in [-0.4, -0.2) is 11.8 Å². The molecule has 2 nitrogen and oxygen atoms in total. The summed E-state index contributed by atoms with van der Waals surface area (Å²) in [5, 5.41) is 10.7. The molecule has 2 rings (SSSR count). The van der Waals surface area contributed by atoms with Crippen molar-refractivity contribution in [2.24, 2.45) is 0 Å². The molecule has 1 aliphatic heterocycles. The first-order valence-corrected chi connectivity index (χ1v) is 3.84. The first-order chi connectivity index (χ1) is 5.29. The van der Waals surface area contributed by atoms with E-state index in [0.29, 0.717) is 0 Å². The van der Waals surface area contributed by atoms with Gasteiger partial charge in [-0.25, -0.2) is 0 Å².